The third-order valence-corrected chi connectivity index (χ3v) is 0.984. The molecule has 0 aromatic carbocycles. The maximum atomic E-state index is 9.68. The Morgan fingerprint density at radius 2 is 1.62 bits per heavy atom. The van der Waals surface area contributed by atoms with E-state index in [2.05, 4.69) is 4.74 Å². The van der Waals surface area contributed by atoms with Gasteiger partial charge < -0.3 is 14.9 Å². The van der Waals surface area contributed by atoms with E-state index in [1.165, 1.54) is 7.11 Å². The zero-order chi connectivity index (χ0) is 10.7. The number of aliphatic carboxylic acids is 2. The van der Waals surface area contributed by atoms with Crippen LogP contribution in [0.2, 0.25) is 0 Å². The summed E-state index contributed by atoms with van der Waals surface area (Å²) in [7, 11) is 1.48. The highest BCUT2D eigenvalue weighted by Crippen LogP contribution is 1.82. The zero-order valence-electron chi connectivity index (χ0n) is 7.95. The summed E-state index contributed by atoms with van der Waals surface area (Å²) in [5.74, 6) is -1.53. The van der Waals surface area contributed by atoms with Crippen molar-refractivity contribution < 1.29 is 24.5 Å². The zero-order valence-corrected chi connectivity index (χ0v) is 7.95. The second-order valence-electron chi connectivity index (χ2n) is 2.28. The van der Waals surface area contributed by atoms with Crippen molar-refractivity contribution in [2.45, 2.75) is 26.2 Å². The molecule has 2 N–H and O–H groups in total. The minimum Gasteiger partial charge on any atom is -0.481 e. The maximum Gasteiger partial charge on any atom is 0.305 e. The van der Waals surface area contributed by atoms with Crippen LogP contribution in [-0.2, 0) is 14.3 Å². The van der Waals surface area contributed by atoms with Crippen molar-refractivity contribution in [3.05, 3.63) is 0 Å². The quantitative estimate of drug-likeness (QED) is 0.678. The van der Waals surface area contributed by atoms with E-state index in [0.29, 0.717) is 13.0 Å². The summed E-state index contributed by atoms with van der Waals surface area (Å²) in [5.41, 5.74) is 0. The van der Waals surface area contributed by atoms with Gasteiger partial charge in [-0.3, -0.25) is 9.59 Å². The average molecular weight is 192 g/mol. The van der Waals surface area contributed by atoms with Crippen molar-refractivity contribution in [1.29, 1.82) is 0 Å². The summed E-state index contributed by atoms with van der Waals surface area (Å²) in [6.45, 7) is 2.14. The monoisotopic (exact) mass is 192 g/mol. The molecular weight excluding hydrogens is 176 g/mol. The Hall–Kier alpha value is -1.10. The molecular formula is C8H16O5. The molecule has 5 heteroatoms. The summed E-state index contributed by atoms with van der Waals surface area (Å²) in [6.07, 6.45) is 1.12. The van der Waals surface area contributed by atoms with Crippen LogP contribution < -0.4 is 0 Å². The number of hydrogen-bond donors (Lipinski definition) is 2. The Kier molecular flexibility index (Phi) is 12.1. The number of hydrogen-bond acceptors (Lipinski definition) is 3. The number of rotatable bonds is 5. The lowest BCUT2D eigenvalue weighted by Crippen LogP contribution is -1.99. The van der Waals surface area contributed by atoms with Gasteiger partial charge in [0.15, 0.2) is 0 Å². The van der Waals surface area contributed by atoms with Crippen molar-refractivity contribution in [2.24, 2.45) is 0 Å². The first-order valence-corrected chi connectivity index (χ1v) is 3.97. The van der Waals surface area contributed by atoms with Crippen LogP contribution in [0, 0.1) is 0 Å². The predicted octanol–water partition coefficient (Wildman–Crippen LogP) is 0.979. The van der Waals surface area contributed by atoms with Gasteiger partial charge in [0.05, 0.1) is 13.0 Å². The molecule has 0 atom stereocenters. The molecule has 0 heterocycles. The van der Waals surface area contributed by atoms with Gasteiger partial charge in [0.2, 0.25) is 0 Å². The Bertz CT molecular complexity index is 143. The van der Waals surface area contributed by atoms with Crippen LogP contribution in [-0.4, -0.2) is 35.9 Å². The molecule has 0 spiro atoms. The number of carboxylic acid groups (broad SMARTS) is 2. The van der Waals surface area contributed by atoms with Gasteiger partial charge in [0.25, 0.3) is 0 Å². The lowest BCUT2D eigenvalue weighted by molar-refractivity contribution is -0.138. The molecule has 0 unspecified atom stereocenters. The van der Waals surface area contributed by atoms with Gasteiger partial charge >= 0.3 is 11.9 Å². The van der Waals surface area contributed by atoms with Crippen LogP contribution in [0.25, 0.3) is 0 Å². The van der Waals surface area contributed by atoms with E-state index in [1.54, 1.807) is 0 Å². The molecule has 0 aliphatic rings. The SMILES string of the molecule is CCCC(=O)O.COCCC(=O)O. The summed E-state index contributed by atoms with van der Waals surface area (Å²) in [5, 5.41) is 15.9. The molecule has 5 nitrogen and oxygen atoms in total. The summed E-state index contributed by atoms with van der Waals surface area (Å²) < 4.78 is 4.47. The summed E-state index contributed by atoms with van der Waals surface area (Å²) in [4.78, 5) is 19.3. The molecule has 0 bridgehead atoms. The van der Waals surface area contributed by atoms with Gasteiger partial charge in [-0.1, -0.05) is 6.92 Å². The molecule has 0 fully saturated rings. The van der Waals surface area contributed by atoms with Gasteiger partial charge in [0, 0.05) is 13.5 Å². The number of ether oxygens (including phenoxy) is 1. The van der Waals surface area contributed by atoms with Crippen molar-refractivity contribution >= 4 is 11.9 Å². The van der Waals surface area contributed by atoms with Crippen LogP contribution in [0.15, 0.2) is 0 Å². The fraction of sp³-hybridized carbons (Fsp3) is 0.750. The molecule has 0 aromatic heterocycles. The summed E-state index contributed by atoms with van der Waals surface area (Å²) in [6, 6.07) is 0. The molecule has 0 aliphatic heterocycles. The first-order chi connectivity index (χ1) is 6.04. The molecule has 0 rings (SSSR count). The van der Waals surface area contributed by atoms with Crippen LogP contribution >= 0.6 is 0 Å². The largest absolute Gasteiger partial charge is 0.481 e. The van der Waals surface area contributed by atoms with E-state index in [-0.39, 0.29) is 6.42 Å². The van der Waals surface area contributed by atoms with E-state index in [0.717, 1.165) is 6.42 Å². The van der Waals surface area contributed by atoms with Crippen LogP contribution in [0.3, 0.4) is 0 Å². The maximum absolute atomic E-state index is 9.68. The number of methoxy groups -OCH3 is 1. The molecule has 0 saturated carbocycles. The van der Waals surface area contributed by atoms with E-state index in [1.807, 2.05) is 6.92 Å². The second kappa shape index (κ2) is 10.9. The van der Waals surface area contributed by atoms with Crippen molar-refractivity contribution in [3.63, 3.8) is 0 Å². The Morgan fingerprint density at radius 3 is 1.69 bits per heavy atom. The second-order valence-corrected chi connectivity index (χ2v) is 2.28. The Balaban J connectivity index is 0. The van der Waals surface area contributed by atoms with Gasteiger partial charge in [-0.25, -0.2) is 0 Å². The smallest absolute Gasteiger partial charge is 0.305 e. The van der Waals surface area contributed by atoms with E-state index < -0.39 is 11.9 Å². The Labute approximate surface area is 77.3 Å². The third kappa shape index (κ3) is 24.8. The number of carboxylic acids is 2. The van der Waals surface area contributed by atoms with Crippen LogP contribution in [0.5, 0.6) is 0 Å². The minimum atomic E-state index is -0.818. The fourth-order valence-electron chi connectivity index (χ4n) is 0.403. The normalized spacial score (nSPS) is 8.46. The average Bonchev–Trinajstić information content (AvgIpc) is 2.01. The summed E-state index contributed by atoms with van der Waals surface area (Å²) >= 11 is 0. The van der Waals surface area contributed by atoms with Gasteiger partial charge in [-0.05, 0) is 6.42 Å². The lowest BCUT2D eigenvalue weighted by atomic mass is 10.4. The van der Waals surface area contributed by atoms with E-state index in [4.69, 9.17) is 10.2 Å². The predicted molar refractivity (Wildman–Crippen MR) is 46.7 cm³/mol. The van der Waals surface area contributed by atoms with Crippen molar-refractivity contribution in [3.8, 4) is 0 Å². The lowest BCUT2D eigenvalue weighted by Gasteiger charge is -1.88. The van der Waals surface area contributed by atoms with Gasteiger partial charge in [-0.15, -0.1) is 0 Å². The molecule has 0 aromatic rings. The number of carbonyl (C=O) groups is 2. The molecule has 0 amide bonds. The molecule has 0 saturated heterocycles. The molecule has 78 valence electrons. The molecule has 0 aliphatic carbocycles. The first kappa shape index (κ1) is 14.4. The minimum absolute atomic E-state index is 0.0938. The topological polar surface area (TPSA) is 83.8 Å². The van der Waals surface area contributed by atoms with E-state index in [9.17, 15) is 9.59 Å². The van der Waals surface area contributed by atoms with Crippen molar-refractivity contribution in [2.75, 3.05) is 13.7 Å². The third-order valence-electron chi connectivity index (χ3n) is 0.984. The highest BCUT2D eigenvalue weighted by atomic mass is 16.5. The Morgan fingerprint density at radius 1 is 1.15 bits per heavy atom. The highest BCUT2D eigenvalue weighted by Gasteiger charge is 1.91. The van der Waals surface area contributed by atoms with Gasteiger partial charge in [0.1, 0.15) is 0 Å². The van der Waals surface area contributed by atoms with Crippen LogP contribution in [0.1, 0.15) is 26.2 Å². The van der Waals surface area contributed by atoms with Crippen LogP contribution in [0.4, 0.5) is 0 Å². The van der Waals surface area contributed by atoms with Crippen molar-refractivity contribution in [1.82, 2.24) is 0 Å². The van der Waals surface area contributed by atoms with Gasteiger partial charge in [-0.2, -0.15) is 0 Å². The molecule has 13 heavy (non-hydrogen) atoms. The standard InChI is InChI=1S/C4H8O3.C4H8O2/c1-7-3-2-4(5)6;1-2-3-4(5)6/h2-3H2,1H3,(H,5,6);2-3H2,1H3,(H,5,6). The highest BCUT2D eigenvalue weighted by molar-refractivity contribution is 5.66. The first-order valence-electron chi connectivity index (χ1n) is 3.97. The van der Waals surface area contributed by atoms with E-state index >= 15 is 0 Å². The fourth-order valence-corrected chi connectivity index (χ4v) is 0.403. The molecule has 0 radical (unpaired) electrons.